The Morgan fingerprint density at radius 2 is 1.97 bits per heavy atom. The summed E-state index contributed by atoms with van der Waals surface area (Å²) in [5.74, 6) is 1.69. The zero-order valence-electron chi connectivity index (χ0n) is 18.7. The first kappa shape index (κ1) is 21.6. The Bertz CT molecular complexity index is 969. The second-order valence-corrected chi connectivity index (χ2v) is 9.62. The lowest BCUT2D eigenvalue weighted by atomic mass is 10.0. The number of fused-ring (bicyclic) bond motifs is 1. The van der Waals surface area contributed by atoms with Gasteiger partial charge in [0.2, 0.25) is 0 Å². The maximum Gasteiger partial charge on any atom is 0.387 e. The molecule has 2 unspecified atom stereocenters. The number of aromatic nitrogens is 3. The van der Waals surface area contributed by atoms with Gasteiger partial charge in [-0.1, -0.05) is 0 Å². The lowest BCUT2D eigenvalue weighted by Gasteiger charge is -2.38. The van der Waals surface area contributed by atoms with Gasteiger partial charge < -0.3 is 15.2 Å². The predicted octanol–water partition coefficient (Wildman–Crippen LogP) is 3.92. The molecule has 0 radical (unpaired) electrons. The van der Waals surface area contributed by atoms with Crippen molar-refractivity contribution in [3.8, 4) is 17.0 Å². The maximum atomic E-state index is 12.7. The van der Waals surface area contributed by atoms with Crippen molar-refractivity contribution in [3.05, 3.63) is 24.0 Å². The second-order valence-electron chi connectivity index (χ2n) is 9.62. The molecule has 2 aliphatic carbocycles. The van der Waals surface area contributed by atoms with Crippen molar-refractivity contribution >= 4 is 5.82 Å². The molecular weight excluding hydrogens is 416 g/mol. The topological polar surface area (TPSA) is 78.4 Å². The third-order valence-corrected chi connectivity index (χ3v) is 7.30. The summed E-state index contributed by atoms with van der Waals surface area (Å²) in [7, 11) is 0. The molecule has 0 spiro atoms. The van der Waals surface area contributed by atoms with Crippen LogP contribution in [0.1, 0.15) is 51.3 Å². The highest BCUT2D eigenvalue weighted by Crippen LogP contribution is 2.64. The van der Waals surface area contributed by atoms with Gasteiger partial charge >= 0.3 is 6.61 Å². The summed E-state index contributed by atoms with van der Waals surface area (Å²) in [5.41, 5.74) is 8.26. The first-order valence-corrected chi connectivity index (χ1v) is 11.5. The molecule has 3 aliphatic rings. The van der Waals surface area contributed by atoms with Crippen molar-refractivity contribution in [2.45, 2.75) is 64.3 Å². The number of hydrogen-bond acceptors (Lipinski definition) is 6. The molecule has 32 heavy (non-hydrogen) atoms. The Morgan fingerprint density at radius 1 is 1.22 bits per heavy atom. The van der Waals surface area contributed by atoms with Gasteiger partial charge in [0.1, 0.15) is 0 Å². The van der Waals surface area contributed by atoms with Gasteiger partial charge in [-0.3, -0.25) is 9.58 Å². The number of halogens is 2. The van der Waals surface area contributed by atoms with Gasteiger partial charge in [0.15, 0.2) is 11.6 Å². The number of morpholine rings is 1. The van der Waals surface area contributed by atoms with Crippen LogP contribution in [-0.2, 0) is 4.74 Å². The SMILES string of the molecule is CC(C)n1nc(-c2cnc(N)c(OC(F)F)c2)cc1C1[C@H]2CC(N3CCOC[C@@H]3C)C[C@@H]12. The smallest absolute Gasteiger partial charge is 0.387 e. The summed E-state index contributed by atoms with van der Waals surface area (Å²) in [5, 5.41) is 4.81. The molecule has 174 valence electrons. The number of rotatable bonds is 6. The molecule has 2 aromatic heterocycles. The largest absolute Gasteiger partial charge is 0.431 e. The van der Waals surface area contributed by atoms with Crippen molar-refractivity contribution in [2.75, 3.05) is 25.5 Å². The molecule has 2 saturated carbocycles. The van der Waals surface area contributed by atoms with E-state index < -0.39 is 6.61 Å². The van der Waals surface area contributed by atoms with Crippen molar-refractivity contribution in [3.63, 3.8) is 0 Å². The molecule has 7 nitrogen and oxygen atoms in total. The minimum absolute atomic E-state index is 0.0577. The molecule has 9 heteroatoms. The van der Waals surface area contributed by atoms with Crippen LogP contribution in [0, 0.1) is 11.8 Å². The van der Waals surface area contributed by atoms with E-state index in [-0.39, 0.29) is 17.6 Å². The van der Waals surface area contributed by atoms with Crippen LogP contribution in [0.15, 0.2) is 18.3 Å². The zero-order valence-corrected chi connectivity index (χ0v) is 18.7. The molecule has 0 aromatic carbocycles. The van der Waals surface area contributed by atoms with Crippen LogP contribution < -0.4 is 10.5 Å². The van der Waals surface area contributed by atoms with Crippen molar-refractivity contribution in [1.29, 1.82) is 0 Å². The highest BCUT2D eigenvalue weighted by molar-refractivity contribution is 5.64. The van der Waals surface area contributed by atoms with Gasteiger partial charge in [-0.15, -0.1) is 0 Å². The number of nitrogens with zero attached hydrogens (tertiary/aromatic N) is 4. The van der Waals surface area contributed by atoms with E-state index in [1.807, 2.05) is 0 Å². The molecule has 5 rings (SSSR count). The fourth-order valence-corrected chi connectivity index (χ4v) is 5.80. The minimum atomic E-state index is -2.95. The standard InChI is InChI=1S/C23H31F2N5O2/c1-12(2)30-19(9-18(28-30)14-6-20(32-23(24)25)22(26)27-10-14)21-16-7-15(8-17(16)21)29-4-5-31-11-13(29)3/h6,9-10,12-13,15-17,21,23H,4-5,7-8,11H2,1-3H3,(H2,26,27)/t13-,15?,16-,17+,21?/m0/s1. The summed E-state index contributed by atoms with van der Waals surface area (Å²) >= 11 is 0. The molecular formula is C23H31F2N5O2. The van der Waals surface area contributed by atoms with Gasteiger partial charge in [-0.2, -0.15) is 13.9 Å². The Morgan fingerprint density at radius 3 is 2.62 bits per heavy atom. The number of hydrogen-bond donors (Lipinski definition) is 1. The average Bonchev–Trinajstić information content (AvgIpc) is 3.09. The van der Waals surface area contributed by atoms with E-state index in [1.165, 1.54) is 24.6 Å². The number of nitrogens with two attached hydrogens (primary N) is 1. The molecule has 2 aromatic rings. The minimum Gasteiger partial charge on any atom is -0.431 e. The molecule has 0 amide bonds. The first-order valence-electron chi connectivity index (χ1n) is 11.5. The Labute approximate surface area is 186 Å². The lowest BCUT2D eigenvalue weighted by molar-refractivity contribution is -0.0494. The molecule has 1 aliphatic heterocycles. The first-order chi connectivity index (χ1) is 15.3. The van der Waals surface area contributed by atoms with Crippen LogP contribution in [0.25, 0.3) is 11.3 Å². The van der Waals surface area contributed by atoms with E-state index in [4.69, 9.17) is 15.6 Å². The van der Waals surface area contributed by atoms with Gasteiger partial charge in [0.25, 0.3) is 0 Å². The third-order valence-electron chi connectivity index (χ3n) is 7.30. The maximum absolute atomic E-state index is 12.7. The molecule has 0 bridgehead atoms. The average molecular weight is 448 g/mol. The van der Waals surface area contributed by atoms with Gasteiger partial charge in [0, 0.05) is 48.0 Å². The molecule has 3 heterocycles. The Hall–Kier alpha value is -2.26. The van der Waals surface area contributed by atoms with Crippen LogP contribution in [0.5, 0.6) is 5.75 Å². The predicted molar refractivity (Wildman–Crippen MR) is 117 cm³/mol. The van der Waals surface area contributed by atoms with E-state index in [0.29, 0.717) is 41.1 Å². The number of anilines is 1. The highest BCUT2D eigenvalue weighted by atomic mass is 19.3. The van der Waals surface area contributed by atoms with E-state index in [9.17, 15) is 8.78 Å². The van der Waals surface area contributed by atoms with Crippen LogP contribution in [0.3, 0.4) is 0 Å². The van der Waals surface area contributed by atoms with E-state index in [0.717, 1.165) is 19.8 Å². The molecule has 1 saturated heterocycles. The van der Waals surface area contributed by atoms with Crippen LogP contribution in [0.2, 0.25) is 0 Å². The molecule has 3 fully saturated rings. The van der Waals surface area contributed by atoms with Crippen LogP contribution >= 0.6 is 0 Å². The molecule has 5 atom stereocenters. The number of ether oxygens (including phenoxy) is 2. The monoisotopic (exact) mass is 447 g/mol. The summed E-state index contributed by atoms with van der Waals surface area (Å²) in [6.45, 7) is 6.21. The van der Waals surface area contributed by atoms with Crippen molar-refractivity contribution < 1.29 is 18.3 Å². The number of nitrogen functional groups attached to an aromatic ring is 1. The van der Waals surface area contributed by atoms with Crippen LogP contribution in [-0.4, -0.2) is 58.1 Å². The van der Waals surface area contributed by atoms with E-state index >= 15 is 0 Å². The van der Waals surface area contributed by atoms with E-state index in [1.54, 1.807) is 6.20 Å². The summed E-state index contributed by atoms with van der Waals surface area (Å²) in [6.07, 6.45) is 4.00. The van der Waals surface area contributed by atoms with Gasteiger partial charge in [-0.25, -0.2) is 4.98 Å². The molecule has 2 N–H and O–H groups in total. The van der Waals surface area contributed by atoms with Crippen LogP contribution in [0.4, 0.5) is 14.6 Å². The lowest BCUT2D eigenvalue weighted by Crippen LogP contribution is -2.49. The third kappa shape index (κ3) is 3.85. The summed E-state index contributed by atoms with van der Waals surface area (Å²) < 4.78 is 37.6. The Balaban J connectivity index is 1.36. The Kier molecular flexibility index (Phi) is 5.57. The van der Waals surface area contributed by atoms with Crippen molar-refractivity contribution in [1.82, 2.24) is 19.7 Å². The summed E-state index contributed by atoms with van der Waals surface area (Å²) in [6, 6.07) is 4.92. The second kappa shape index (κ2) is 8.26. The fraction of sp³-hybridized carbons (Fsp3) is 0.652. The van der Waals surface area contributed by atoms with Crippen molar-refractivity contribution in [2.24, 2.45) is 11.8 Å². The highest BCUT2D eigenvalue weighted by Gasteiger charge is 2.59. The fourth-order valence-electron chi connectivity index (χ4n) is 5.80. The number of alkyl halides is 2. The quantitative estimate of drug-likeness (QED) is 0.723. The normalized spacial score (nSPS) is 30.2. The number of pyridine rings is 1. The van der Waals surface area contributed by atoms with E-state index in [2.05, 4.69) is 46.1 Å². The van der Waals surface area contributed by atoms with Gasteiger partial charge in [-0.05, 0) is 57.6 Å². The zero-order chi connectivity index (χ0) is 22.6. The summed E-state index contributed by atoms with van der Waals surface area (Å²) in [4.78, 5) is 6.66. The van der Waals surface area contributed by atoms with Gasteiger partial charge in [0.05, 0.1) is 18.9 Å².